The zero-order valence-corrected chi connectivity index (χ0v) is 16.6. The molecule has 134 valence electrons. The Morgan fingerprint density at radius 3 is 2.75 bits per heavy atom. The van der Waals surface area contributed by atoms with E-state index in [2.05, 4.69) is 39.5 Å². The number of H-pyrrole nitrogens is 1. The third-order valence-corrected chi connectivity index (χ3v) is 5.09. The van der Waals surface area contributed by atoms with E-state index < -0.39 is 11.9 Å². The molecule has 2 rings (SSSR count). The van der Waals surface area contributed by atoms with Crippen LogP contribution in [0.25, 0.3) is 0 Å². The number of ether oxygens (including phenoxy) is 2. The summed E-state index contributed by atoms with van der Waals surface area (Å²) >= 11 is 2.17. The third kappa shape index (κ3) is 4.27. The number of halogens is 1. The lowest BCUT2D eigenvalue weighted by Crippen LogP contribution is -2.42. The summed E-state index contributed by atoms with van der Waals surface area (Å²) in [5.74, 6) is 0.103. The standard InChI is InChI=1S/C16H24IN3O4/c1-9-5-12(15-18-7-13(17)19-15)20(8-9)16(22)11(10(2)23-3)6-14(21)24-4/h7,9-12H,5-6,8H2,1-4H3,(H,18,19)/t9-,10+,11-,12-/m0/s1. The van der Waals surface area contributed by atoms with E-state index in [-0.39, 0.29) is 24.5 Å². The Morgan fingerprint density at radius 2 is 2.21 bits per heavy atom. The number of carbonyl (C=O) groups is 2. The van der Waals surface area contributed by atoms with Crippen LogP contribution in [-0.2, 0) is 19.1 Å². The number of aromatic amines is 1. The number of nitrogens with zero attached hydrogens (tertiary/aromatic N) is 2. The van der Waals surface area contributed by atoms with Gasteiger partial charge < -0.3 is 19.4 Å². The van der Waals surface area contributed by atoms with Gasteiger partial charge in [0.2, 0.25) is 5.91 Å². The second-order valence-electron chi connectivity index (χ2n) is 6.29. The van der Waals surface area contributed by atoms with E-state index in [1.165, 1.54) is 7.11 Å². The number of carbonyl (C=O) groups excluding carboxylic acids is 2. The molecule has 1 amide bonds. The number of hydrogen-bond donors (Lipinski definition) is 1. The first-order chi connectivity index (χ1) is 11.4. The lowest BCUT2D eigenvalue weighted by Gasteiger charge is -2.30. The first-order valence-electron chi connectivity index (χ1n) is 7.97. The van der Waals surface area contributed by atoms with E-state index in [0.29, 0.717) is 12.5 Å². The molecule has 0 bridgehead atoms. The maximum Gasteiger partial charge on any atom is 0.306 e. The number of esters is 1. The van der Waals surface area contributed by atoms with E-state index in [4.69, 9.17) is 9.47 Å². The van der Waals surface area contributed by atoms with Gasteiger partial charge in [-0.25, -0.2) is 4.98 Å². The molecule has 1 N–H and O–H groups in total. The van der Waals surface area contributed by atoms with Crippen molar-refractivity contribution in [3.05, 3.63) is 15.7 Å². The van der Waals surface area contributed by atoms with Gasteiger partial charge in [0.1, 0.15) is 5.82 Å². The minimum atomic E-state index is -0.565. The molecule has 0 unspecified atom stereocenters. The van der Waals surface area contributed by atoms with Crippen molar-refractivity contribution in [1.82, 2.24) is 14.9 Å². The van der Waals surface area contributed by atoms with Gasteiger partial charge in [0, 0.05) is 13.7 Å². The quantitative estimate of drug-likeness (QED) is 0.532. The number of methoxy groups -OCH3 is 2. The van der Waals surface area contributed by atoms with Crippen LogP contribution in [0.4, 0.5) is 0 Å². The van der Waals surface area contributed by atoms with Crippen LogP contribution in [0.1, 0.15) is 38.6 Å². The van der Waals surface area contributed by atoms with Gasteiger partial charge >= 0.3 is 5.97 Å². The lowest BCUT2D eigenvalue weighted by molar-refractivity contribution is -0.151. The molecule has 7 nitrogen and oxygen atoms in total. The SMILES string of the molecule is COC(=O)C[C@H](C(=O)N1C[C@@H](C)C[C@H]1c1ncc(I)[nH]1)[C@@H](C)OC. The molecule has 1 fully saturated rings. The first kappa shape index (κ1) is 19.2. The highest BCUT2D eigenvalue weighted by molar-refractivity contribution is 14.1. The summed E-state index contributed by atoms with van der Waals surface area (Å²) in [7, 11) is 2.87. The largest absolute Gasteiger partial charge is 0.469 e. The smallest absolute Gasteiger partial charge is 0.306 e. The molecule has 8 heteroatoms. The first-order valence-corrected chi connectivity index (χ1v) is 9.05. The summed E-state index contributed by atoms with van der Waals surface area (Å²) in [6, 6.07) is -0.0970. The fourth-order valence-electron chi connectivity index (χ4n) is 3.13. The van der Waals surface area contributed by atoms with Crippen LogP contribution in [0.5, 0.6) is 0 Å². The molecule has 1 aromatic heterocycles. The van der Waals surface area contributed by atoms with Crippen molar-refractivity contribution in [3.8, 4) is 0 Å². The second-order valence-corrected chi connectivity index (χ2v) is 7.45. The number of hydrogen-bond acceptors (Lipinski definition) is 5. The van der Waals surface area contributed by atoms with Gasteiger partial charge in [-0.05, 0) is 41.9 Å². The van der Waals surface area contributed by atoms with E-state index >= 15 is 0 Å². The number of imidazole rings is 1. The molecule has 0 radical (unpaired) electrons. The zero-order valence-electron chi connectivity index (χ0n) is 14.4. The Morgan fingerprint density at radius 1 is 1.50 bits per heavy atom. The van der Waals surface area contributed by atoms with Crippen LogP contribution in [0, 0.1) is 15.5 Å². The van der Waals surface area contributed by atoms with E-state index in [1.54, 1.807) is 20.2 Å². The molecular weight excluding hydrogens is 425 g/mol. The Labute approximate surface area is 155 Å². The van der Waals surface area contributed by atoms with Gasteiger partial charge in [-0.2, -0.15) is 0 Å². The van der Waals surface area contributed by atoms with Gasteiger partial charge in [0.25, 0.3) is 0 Å². The summed E-state index contributed by atoms with van der Waals surface area (Å²) in [5.41, 5.74) is 0. The van der Waals surface area contributed by atoms with Gasteiger partial charge in [0.05, 0.1) is 41.5 Å². The molecule has 0 saturated carbocycles. The molecule has 24 heavy (non-hydrogen) atoms. The average molecular weight is 449 g/mol. The molecule has 2 heterocycles. The molecule has 1 aliphatic heterocycles. The van der Waals surface area contributed by atoms with Crippen molar-refractivity contribution in [3.63, 3.8) is 0 Å². The third-order valence-electron chi connectivity index (χ3n) is 4.54. The minimum Gasteiger partial charge on any atom is -0.469 e. The number of amides is 1. The highest BCUT2D eigenvalue weighted by Crippen LogP contribution is 2.36. The van der Waals surface area contributed by atoms with E-state index in [9.17, 15) is 9.59 Å². The molecule has 4 atom stereocenters. The highest BCUT2D eigenvalue weighted by Gasteiger charge is 2.40. The molecular formula is C16H24IN3O4. The van der Waals surface area contributed by atoms with Crippen LogP contribution < -0.4 is 0 Å². The average Bonchev–Trinajstić information content (AvgIpc) is 3.16. The molecule has 0 spiro atoms. The van der Waals surface area contributed by atoms with Gasteiger partial charge in [-0.1, -0.05) is 6.92 Å². The number of likely N-dealkylation sites (tertiary alicyclic amines) is 1. The number of rotatable bonds is 6. The second kappa shape index (κ2) is 8.28. The van der Waals surface area contributed by atoms with Crippen LogP contribution in [0.3, 0.4) is 0 Å². The van der Waals surface area contributed by atoms with Crippen molar-refractivity contribution in [2.75, 3.05) is 20.8 Å². The monoisotopic (exact) mass is 449 g/mol. The van der Waals surface area contributed by atoms with E-state index in [0.717, 1.165) is 15.9 Å². The maximum atomic E-state index is 13.1. The Balaban J connectivity index is 2.23. The maximum absolute atomic E-state index is 13.1. The van der Waals surface area contributed by atoms with Crippen LogP contribution in [-0.4, -0.2) is 53.6 Å². The Hall–Kier alpha value is -1.16. The summed E-state index contributed by atoms with van der Waals surface area (Å²) in [6.07, 6.45) is 2.25. The molecule has 0 aromatic carbocycles. The molecule has 1 aromatic rings. The van der Waals surface area contributed by atoms with Crippen LogP contribution in [0.15, 0.2) is 6.20 Å². The van der Waals surface area contributed by atoms with Crippen molar-refractivity contribution in [2.45, 2.75) is 38.8 Å². The van der Waals surface area contributed by atoms with Gasteiger partial charge in [-0.3, -0.25) is 9.59 Å². The van der Waals surface area contributed by atoms with Gasteiger partial charge in [0.15, 0.2) is 0 Å². The van der Waals surface area contributed by atoms with Crippen LogP contribution >= 0.6 is 22.6 Å². The molecule has 0 aliphatic carbocycles. The summed E-state index contributed by atoms with van der Waals surface area (Å²) in [4.78, 5) is 34.3. The fraction of sp³-hybridized carbons (Fsp3) is 0.688. The normalized spacial score (nSPS) is 23.1. The summed E-state index contributed by atoms with van der Waals surface area (Å²) < 4.78 is 11.0. The lowest BCUT2D eigenvalue weighted by atomic mass is 9.97. The van der Waals surface area contributed by atoms with Crippen LogP contribution in [0.2, 0.25) is 0 Å². The van der Waals surface area contributed by atoms with Crippen molar-refractivity contribution >= 4 is 34.5 Å². The van der Waals surface area contributed by atoms with Crippen molar-refractivity contribution in [2.24, 2.45) is 11.8 Å². The van der Waals surface area contributed by atoms with E-state index in [1.807, 2.05) is 4.90 Å². The Kier molecular flexibility index (Phi) is 6.62. The van der Waals surface area contributed by atoms with Crippen molar-refractivity contribution in [1.29, 1.82) is 0 Å². The highest BCUT2D eigenvalue weighted by atomic mass is 127. The summed E-state index contributed by atoms with van der Waals surface area (Å²) in [5, 5.41) is 0. The molecule has 1 aliphatic rings. The number of aromatic nitrogens is 2. The predicted molar refractivity (Wildman–Crippen MR) is 96.1 cm³/mol. The number of nitrogens with one attached hydrogen (secondary N) is 1. The fourth-order valence-corrected chi connectivity index (χ4v) is 3.54. The summed E-state index contributed by atoms with van der Waals surface area (Å²) in [6.45, 7) is 4.56. The van der Waals surface area contributed by atoms with Gasteiger partial charge in [-0.15, -0.1) is 0 Å². The van der Waals surface area contributed by atoms with Crippen molar-refractivity contribution < 1.29 is 19.1 Å². The Bertz CT molecular complexity index is 592. The topological polar surface area (TPSA) is 84.5 Å². The molecule has 1 saturated heterocycles. The predicted octanol–water partition coefficient (Wildman–Crippen LogP) is 2.14. The minimum absolute atomic E-state index is 0.0115. The zero-order chi connectivity index (χ0) is 17.9.